The van der Waals surface area contributed by atoms with Gasteiger partial charge in [0.2, 0.25) is 0 Å². The van der Waals surface area contributed by atoms with Gasteiger partial charge in [-0.05, 0) is 66.8 Å². The molecule has 8 nitrogen and oxygen atoms in total. The number of carbonyl (C=O) groups excluding carboxylic acids is 1. The van der Waals surface area contributed by atoms with E-state index in [0.717, 1.165) is 35.1 Å². The lowest BCUT2D eigenvalue weighted by Gasteiger charge is -2.11. The number of hydrogen-bond donors (Lipinski definition) is 3. The Morgan fingerprint density at radius 1 is 1.09 bits per heavy atom. The maximum atomic E-state index is 12.0. The van der Waals surface area contributed by atoms with E-state index in [1.807, 2.05) is 25.1 Å². The molecule has 2 heterocycles. The summed E-state index contributed by atoms with van der Waals surface area (Å²) >= 11 is 0. The van der Waals surface area contributed by atoms with Gasteiger partial charge in [-0.3, -0.25) is 14.3 Å². The van der Waals surface area contributed by atoms with Crippen LogP contribution >= 0.6 is 7.60 Å². The highest BCUT2D eigenvalue weighted by molar-refractivity contribution is 7.70. The predicted octanol–water partition coefficient (Wildman–Crippen LogP) is 3.79. The first kappa shape index (κ1) is 21.9. The number of nitrogen functional groups attached to an aromatic ring is 1. The number of hydrogen-bond acceptors (Lipinski definition) is 6. The third-order valence-corrected chi connectivity index (χ3v) is 6.25. The van der Waals surface area contributed by atoms with Gasteiger partial charge in [0.25, 0.3) is 5.52 Å². The van der Waals surface area contributed by atoms with Crippen LogP contribution < -0.4 is 10.5 Å². The van der Waals surface area contributed by atoms with E-state index in [9.17, 15) is 19.1 Å². The Morgan fingerprint density at radius 3 is 2.56 bits per heavy atom. The number of nitrogens with two attached hydrogens (primary N) is 1. The number of benzene rings is 2. The van der Waals surface area contributed by atoms with Crippen molar-refractivity contribution in [2.24, 2.45) is 0 Å². The maximum Gasteiger partial charge on any atom is 0.396 e. The number of aromatic nitrogens is 2. The van der Waals surface area contributed by atoms with Crippen LogP contribution in [-0.4, -0.2) is 32.4 Å². The minimum absolute atomic E-state index is 0.115. The zero-order chi connectivity index (χ0) is 23.0. The Morgan fingerprint density at radius 2 is 1.88 bits per heavy atom. The average Bonchev–Trinajstić information content (AvgIpc) is 2.76. The van der Waals surface area contributed by atoms with Gasteiger partial charge in [0.05, 0.1) is 12.6 Å². The average molecular weight is 451 g/mol. The standard InChI is InChI=1S/C23H22N3O5P/c1-13-9-17(31-2)7-5-15(13)4-3-14-10-19-18-8-6-16(23(27)32(28,29)30)11-20(18)26-22(24)21(19)25-12-14/h5-12H,3-4H2,1-2H3,(H2,24,26)(H2,28,29,30). The molecule has 0 aliphatic rings. The first-order valence-electron chi connectivity index (χ1n) is 9.89. The fourth-order valence-corrected chi connectivity index (χ4v) is 4.22. The molecule has 4 aromatic rings. The summed E-state index contributed by atoms with van der Waals surface area (Å²) in [6, 6.07) is 12.3. The van der Waals surface area contributed by atoms with Gasteiger partial charge in [-0.2, -0.15) is 0 Å². The van der Waals surface area contributed by atoms with Crippen molar-refractivity contribution in [2.45, 2.75) is 19.8 Å². The lowest BCUT2D eigenvalue weighted by molar-refractivity contribution is 0.104. The summed E-state index contributed by atoms with van der Waals surface area (Å²) in [4.78, 5) is 39.1. The second-order valence-electron chi connectivity index (χ2n) is 7.61. The summed E-state index contributed by atoms with van der Waals surface area (Å²) in [6.07, 6.45) is 3.35. The van der Waals surface area contributed by atoms with Gasteiger partial charge in [-0.1, -0.05) is 12.1 Å². The molecule has 2 aromatic heterocycles. The molecular formula is C23H22N3O5P. The summed E-state index contributed by atoms with van der Waals surface area (Å²) < 4.78 is 16.6. The number of ether oxygens (including phenoxy) is 1. The molecule has 0 saturated carbocycles. The lowest BCUT2D eigenvalue weighted by atomic mass is 9.99. The van der Waals surface area contributed by atoms with E-state index in [1.165, 1.54) is 17.7 Å². The van der Waals surface area contributed by atoms with E-state index >= 15 is 0 Å². The number of methoxy groups -OCH3 is 1. The molecule has 9 heteroatoms. The van der Waals surface area contributed by atoms with Crippen LogP contribution in [0.4, 0.5) is 5.82 Å². The van der Waals surface area contributed by atoms with E-state index in [4.69, 9.17) is 10.5 Å². The minimum atomic E-state index is -4.89. The predicted molar refractivity (Wildman–Crippen MR) is 123 cm³/mol. The molecule has 0 atom stereocenters. The van der Waals surface area contributed by atoms with E-state index in [1.54, 1.807) is 19.4 Å². The van der Waals surface area contributed by atoms with Crippen LogP contribution in [-0.2, 0) is 17.4 Å². The quantitative estimate of drug-likeness (QED) is 0.298. The van der Waals surface area contributed by atoms with Crippen molar-refractivity contribution < 1.29 is 23.9 Å². The second-order valence-corrected chi connectivity index (χ2v) is 9.10. The Labute approximate surface area is 184 Å². The molecule has 0 radical (unpaired) electrons. The van der Waals surface area contributed by atoms with Crippen LogP contribution in [0.25, 0.3) is 21.8 Å². The molecular weight excluding hydrogens is 429 g/mol. The highest BCUT2D eigenvalue weighted by Gasteiger charge is 2.27. The number of carbonyl (C=O) groups is 1. The fraction of sp³-hybridized carbons (Fsp3) is 0.174. The van der Waals surface area contributed by atoms with Crippen molar-refractivity contribution in [1.29, 1.82) is 0 Å². The number of nitrogens with zero attached hydrogens (tertiary/aromatic N) is 2. The Kier molecular flexibility index (Phi) is 5.69. The summed E-state index contributed by atoms with van der Waals surface area (Å²) in [5, 5.41) is 1.47. The third kappa shape index (κ3) is 4.21. The molecule has 0 spiro atoms. The molecule has 0 bridgehead atoms. The highest BCUT2D eigenvalue weighted by Crippen LogP contribution is 2.40. The Bertz CT molecular complexity index is 1410. The second kappa shape index (κ2) is 8.31. The van der Waals surface area contributed by atoms with Crippen molar-refractivity contribution in [3.63, 3.8) is 0 Å². The SMILES string of the molecule is COc1ccc(CCc2cnc3c(N)nc4cc(C(=O)P(=O)(O)O)ccc4c3c2)c(C)c1. The molecule has 32 heavy (non-hydrogen) atoms. The first-order chi connectivity index (χ1) is 15.2. The summed E-state index contributed by atoms with van der Waals surface area (Å²) in [5.41, 5.74) is 9.00. The molecule has 0 saturated heterocycles. The van der Waals surface area contributed by atoms with Crippen molar-refractivity contribution in [3.05, 3.63) is 70.9 Å². The van der Waals surface area contributed by atoms with Gasteiger partial charge in [0, 0.05) is 22.5 Å². The summed E-state index contributed by atoms with van der Waals surface area (Å²) in [7, 11) is -3.25. The van der Waals surface area contributed by atoms with Gasteiger partial charge in [-0.25, -0.2) is 4.98 Å². The Hall–Kier alpha value is -3.32. The molecule has 0 unspecified atom stereocenters. The zero-order valence-electron chi connectivity index (χ0n) is 17.6. The maximum absolute atomic E-state index is 12.0. The molecule has 4 N–H and O–H groups in total. The van der Waals surface area contributed by atoms with Crippen LogP contribution in [0.15, 0.2) is 48.7 Å². The van der Waals surface area contributed by atoms with Crippen LogP contribution in [0.1, 0.15) is 27.0 Å². The van der Waals surface area contributed by atoms with Gasteiger partial charge in [0.1, 0.15) is 11.3 Å². The lowest BCUT2D eigenvalue weighted by Crippen LogP contribution is -2.02. The van der Waals surface area contributed by atoms with Crippen molar-refractivity contribution in [2.75, 3.05) is 12.8 Å². The van der Waals surface area contributed by atoms with Crippen molar-refractivity contribution in [3.8, 4) is 5.75 Å². The highest BCUT2D eigenvalue weighted by atomic mass is 31.2. The topological polar surface area (TPSA) is 136 Å². The molecule has 0 aliphatic heterocycles. The number of pyridine rings is 2. The normalized spacial score (nSPS) is 11.8. The molecule has 0 amide bonds. The van der Waals surface area contributed by atoms with Gasteiger partial charge < -0.3 is 20.3 Å². The van der Waals surface area contributed by atoms with Crippen LogP contribution in [0, 0.1) is 6.92 Å². The molecule has 4 rings (SSSR count). The largest absolute Gasteiger partial charge is 0.497 e. The van der Waals surface area contributed by atoms with Crippen LogP contribution in [0.2, 0.25) is 0 Å². The number of rotatable bonds is 6. The van der Waals surface area contributed by atoms with Crippen molar-refractivity contribution in [1.82, 2.24) is 9.97 Å². The fourth-order valence-electron chi connectivity index (χ4n) is 3.74. The van der Waals surface area contributed by atoms with E-state index in [0.29, 0.717) is 16.4 Å². The summed E-state index contributed by atoms with van der Waals surface area (Å²) in [6.45, 7) is 2.05. The number of anilines is 1. The summed E-state index contributed by atoms with van der Waals surface area (Å²) in [5.74, 6) is 1.01. The van der Waals surface area contributed by atoms with Crippen LogP contribution in [0.3, 0.4) is 0 Å². The zero-order valence-corrected chi connectivity index (χ0v) is 18.5. The van der Waals surface area contributed by atoms with Gasteiger partial charge in [-0.15, -0.1) is 0 Å². The van der Waals surface area contributed by atoms with E-state index in [-0.39, 0.29) is 11.4 Å². The third-order valence-electron chi connectivity index (χ3n) is 5.46. The van der Waals surface area contributed by atoms with Crippen molar-refractivity contribution >= 4 is 40.7 Å². The van der Waals surface area contributed by atoms with Crippen LogP contribution in [0.5, 0.6) is 5.75 Å². The minimum Gasteiger partial charge on any atom is -0.497 e. The first-order valence-corrected chi connectivity index (χ1v) is 11.5. The van der Waals surface area contributed by atoms with E-state index < -0.39 is 13.1 Å². The number of fused-ring (bicyclic) bond motifs is 3. The number of aryl methyl sites for hydroxylation is 3. The smallest absolute Gasteiger partial charge is 0.396 e. The van der Waals surface area contributed by atoms with Gasteiger partial charge in [0.15, 0.2) is 5.82 Å². The molecule has 0 fully saturated rings. The Balaban J connectivity index is 1.71. The van der Waals surface area contributed by atoms with Gasteiger partial charge >= 0.3 is 7.60 Å². The molecule has 2 aromatic carbocycles. The van der Waals surface area contributed by atoms with E-state index in [2.05, 4.69) is 16.0 Å². The molecule has 0 aliphatic carbocycles. The molecule has 164 valence electrons. The monoisotopic (exact) mass is 451 g/mol.